The Morgan fingerprint density at radius 2 is 1.93 bits per heavy atom. The van der Waals surface area contributed by atoms with Crippen LogP contribution in [0.4, 0.5) is 0 Å². The second-order valence-electron chi connectivity index (χ2n) is 7.55. The van der Waals surface area contributed by atoms with Crippen molar-refractivity contribution in [1.29, 1.82) is 0 Å². The van der Waals surface area contributed by atoms with Crippen molar-refractivity contribution in [2.45, 2.75) is 40.7 Å². The zero-order valence-electron chi connectivity index (χ0n) is 18.1. The minimum absolute atomic E-state index is 0.0188. The van der Waals surface area contributed by atoms with Crippen LogP contribution in [0.1, 0.15) is 37.0 Å². The molecule has 0 aliphatic heterocycles. The molecule has 1 aromatic carbocycles. The molecule has 0 fully saturated rings. The van der Waals surface area contributed by atoms with Crippen molar-refractivity contribution in [3.8, 4) is 0 Å². The molecule has 1 heterocycles. The summed E-state index contributed by atoms with van der Waals surface area (Å²) in [5.74, 6) is 0. The summed E-state index contributed by atoms with van der Waals surface area (Å²) in [6.45, 7) is 13.3. The normalized spacial score (nSPS) is 11.2. The Balaban J connectivity index is 2.09. The number of nitrogens with zero attached hydrogens (tertiary/aromatic N) is 1. The smallest absolute Gasteiger partial charge is 0.253 e. The van der Waals surface area contributed by atoms with E-state index in [-0.39, 0.29) is 12.2 Å². The third-order valence-corrected chi connectivity index (χ3v) is 5.92. The molecule has 0 bridgehead atoms. The van der Waals surface area contributed by atoms with Crippen molar-refractivity contribution in [2.75, 3.05) is 39.3 Å². The van der Waals surface area contributed by atoms with Gasteiger partial charge in [0.25, 0.3) is 5.56 Å². The SMILES string of the molecule is CC[NH+](CC)CCCNC(=S)N(CCO)Cc1cc2c(C)ccc(C)c2[nH]c1=O. The average Bonchev–Trinajstić information content (AvgIpc) is 2.71. The Morgan fingerprint density at radius 1 is 1.24 bits per heavy atom. The second kappa shape index (κ2) is 11.3. The minimum Gasteiger partial charge on any atom is -0.395 e. The van der Waals surface area contributed by atoms with Crippen LogP contribution in [0.5, 0.6) is 0 Å². The Labute approximate surface area is 178 Å². The summed E-state index contributed by atoms with van der Waals surface area (Å²) in [7, 11) is 0. The molecule has 160 valence electrons. The summed E-state index contributed by atoms with van der Waals surface area (Å²) in [6.07, 6.45) is 1.03. The maximum atomic E-state index is 12.6. The van der Waals surface area contributed by atoms with E-state index in [0.717, 1.165) is 54.6 Å². The van der Waals surface area contributed by atoms with Crippen LogP contribution in [0, 0.1) is 13.8 Å². The third kappa shape index (κ3) is 6.26. The summed E-state index contributed by atoms with van der Waals surface area (Å²) in [6, 6.07) is 6.03. The summed E-state index contributed by atoms with van der Waals surface area (Å²) < 4.78 is 0. The maximum absolute atomic E-state index is 12.6. The fourth-order valence-electron chi connectivity index (χ4n) is 3.56. The van der Waals surface area contributed by atoms with E-state index in [0.29, 0.717) is 23.8 Å². The van der Waals surface area contributed by atoms with Crippen molar-refractivity contribution in [1.82, 2.24) is 15.2 Å². The first-order valence-electron chi connectivity index (χ1n) is 10.5. The second-order valence-corrected chi connectivity index (χ2v) is 7.94. The number of thiocarbonyl (C=S) groups is 1. The van der Waals surface area contributed by atoms with Crippen molar-refractivity contribution in [3.63, 3.8) is 0 Å². The molecule has 7 heteroatoms. The van der Waals surface area contributed by atoms with Crippen LogP contribution < -0.4 is 15.8 Å². The van der Waals surface area contributed by atoms with E-state index < -0.39 is 0 Å². The van der Waals surface area contributed by atoms with Gasteiger partial charge in [-0.2, -0.15) is 0 Å². The van der Waals surface area contributed by atoms with Crippen LogP contribution in [0.25, 0.3) is 10.9 Å². The Morgan fingerprint density at radius 3 is 2.59 bits per heavy atom. The standard InChI is InChI=1S/C22H34N4O2S/c1-5-25(6-2)11-7-10-23-22(29)26(12-13-27)15-18-14-19-16(3)8-9-17(4)20(19)24-21(18)28/h8-9,14,27H,5-7,10-13,15H2,1-4H3,(H,23,29)(H,24,28)/p+1. The van der Waals surface area contributed by atoms with Gasteiger partial charge in [-0.15, -0.1) is 0 Å². The van der Waals surface area contributed by atoms with Crippen molar-refractivity contribution in [2.24, 2.45) is 0 Å². The van der Waals surface area contributed by atoms with E-state index in [1.54, 1.807) is 4.90 Å². The van der Waals surface area contributed by atoms with Gasteiger partial charge < -0.3 is 25.2 Å². The fourth-order valence-corrected chi connectivity index (χ4v) is 3.82. The molecular weight excluding hydrogens is 384 g/mol. The number of aliphatic hydroxyl groups excluding tert-OH is 1. The van der Waals surface area contributed by atoms with Crippen LogP contribution in [-0.4, -0.2) is 59.4 Å². The van der Waals surface area contributed by atoms with E-state index in [1.165, 1.54) is 0 Å². The van der Waals surface area contributed by atoms with E-state index in [4.69, 9.17) is 12.2 Å². The van der Waals surface area contributed by atoms with Crippen LogP contribution in [0.3, 0.4) is 0 Å². The third-order valence-electron chi connectivity index (χ3n) is 5.52. The fraction of sp³-hybridized carbons (Fsp3) is 0.545. The monoisotopic (exact) mass is 419 g/mol. The first kappa shape index (κ1) is 23.3. The number of nitrogens with one attached hydrogen (secondary N) is 3. The van der Waals surface area contributed by atoms with Crippen LogP contribution in [0.2, 0.25) is 0 Å². The van der Waals surface area contributed by atoms with Gasteiger partial charge in [0, 0.05) is 30.5 Å². The molecule has 6 nitrogen and oxygen atoms in total. The number of rotatable bonds is 10. The van der Waals surface area contributed by atoms with E-state index in [1.807, 2.05) is 30.9 Å². The molecule has 0 saturated carbocycles. The largest absolute Gasteiger partial charge is 0.395 e. The summed E-state index contributed by atoms with van der Waals surface area (Å²) in [5.41, 5.74) is 3.59. The number of aliphatic hydroxyl groups is 1. The highest BCUT2D eigenvalue weighted by atomic mass is 32.1. The predicted molar refractivity (Wildman–Crippen MR) is 124 cm³/mol. The predicted octanol–water partition coefficient (Wildman–Crippen LogP) is 1.13. The van der Waals surface area contributed by atoms with Crippen LogP contribution >= 0.6 is 12.2 Å². The molecule has 4 N–H and O–H groups in total. The number of hydrogen-bond acceptors (Lipinski definition) is 3. The van der Waals surface area contributed by atoms with Crippen molar-refractivity contribution < 1.29 is 10.0 Å². The van der Waals surface area contributed by atoms with Gasteiger partial charge in [0.15, 0.2) is 5.11 Å². The number of aromatic nitrogens is 1. The van der Waals surface area contributed by atoms with Gasteiger partial charge >= 0.3 is 0 Å². The van der Waals surface area contributed by atoms with E-state index >= 15 is 0 Å². The lowest BCUT2D eigenvalue weighted by atomic mass is 10.0. The van der Waals surface area contributed by atoms with Gasteiger partial charge in [-0.25, -0.2) is 0 Å². The molecule has 0 aliphatic carbocycles. The van der Waals surface area contributed by atoms with E-state index in [2.05, 4.69) is 30.2 Å². The quantitative estimate of drug-likeness (QED) is 0.343. The number of aromatic amines is 1. The molecule has 0 aliphatic rings. The van der Waals surface area contributed by atoms with Gasteiger partial charge in [0.2, 0.25) is 0 Å². The highest BCUT2D eigenvalue weighted by molar-refractivity contribution is 7.80. The molecule has 0 saturated heterocycles. The van der Waals surface area contributed by atoms with Gasteiger partial charge in [-0.1, -0.05) is 12.1 Å². The molecule has 0 radical (unpaired) electrons. The number of pyridine rings is 1. The topological polar surface area (TPSA) is 72.8 Å². The average molecular weight is 420 g/mol. The van der Waals surface area contributed by atoms with Gasteiger partial charge in [-0.3, -0.25) is 4.79 Å². The molecule has 0 amide bonds. The lowest BCUT2D eigenvalue weighted by Gasteiger charge is -2.25. The van der Waals surface area contributed by atoms with Gasteiger partial charge in [0.05, 0.1) is 38.3 Å². The minimum atomic E-state index is -0.109. The number of quaternary nitrogens is 1. The van der Waals surface area contributed by atoms with Gasteiger partial charge in [-0.05, 0) is 57.1 Å². The Bertz CT molecular complexity index is 877. The van der Waals surface area contributed by atoms with Crippen LogP contribution in [0.15, 0.2) is 23.0 Å². The molecule has 0 spiro atoms. The first-order chi connectivity index (χ1) is 13.9. The first-order valence-corrected chi connectivity index (χ1v) is 10.9. The van der Waals surface area contributed by atoms with Crippen LogP contribution in [-0.2, 0) is 6.54 Å². The highest BCUT2D eigenvalue weighted by Crippen LogP contribution is 2.20. The number of fused-ring (bicyclic) bond motifs is 1. The van der Waals surface area contributed by atoms with Gasteiger partial charge in [0.1, 0.15) is 0 Å². The molecule has 0 unspecified atom stereocenters. The zero-order chi connectivity index (χ0) is 21.4. The van der Waals surface area contributed by atoms with E-state index in [9.17, 15) is 9.90 Å². The number of hydrogen-bond donors (Lipinski definition) is 4. The summed E-state index contributed by atoms with van der Waals surface area (Å²) in [4.78, 5) is 19.1. The number of aryl methyl sites for hydroxylation is 2. The summed E-state index contributed by atoms with van der Waals surface area (Å²) >= 11 is 5.55. The molecule has 0 atom stereocenters. The number of H-pyrrole nitrogens is 1. The summed E-state index contributed by atoms with van der Waals surface area (Å²) in [5, 5.41) is 14.4. The lowest BCUT2D eigenvalue weighted by Crippen LogP contribution is -3.11. The van der Waals surface area contributed by atoms with Crippen molar-refractivity contribution in [3.05, 3.63) is 45.2 Å². The highest BCUT2D eigenvalue weighted by Gasteiger charge is 2.14. The Kier molecular flexibility index (Phi) is 9.07. The number of benzene rings is 1. The molecule has 1 aromatic heterocycles. The zero-order valence-corrected chi connectivity index (χ0v) is 18.9. The maximum Gasteiger partial charge on any atom is 0.253 e. The Hall–Kier alpha value is -1.96. The molecule has 2 rings (SSSR count). The molecule has 2 aromatic rings. The molecular formula is C22H35N4O2S+. The lowest BCUT2D eigenvalue weighted by molar-refractivity contribution is -0.896. The molecule has 29 heavy (non-hydrogen) atoms. The van der Waals surface area contributed by atoms with Crippen molar-refractivity contribution >= 4 is 28.2 Å².